The Morgan fingerprint density at radius 2 is 1.68 bits per heavy atom. The van der Waals surface area contributed by atoms with E-state index in [9.17, 15) is 0 Å². The molecule has 1 rings (SSSR count). The van der Waals surface area contributed by atoms with E-state index < -0.39 is 0 Å². The van der Waals surface area contributed by atoms with Crippen molar-refractivity contribution in [3.63, 3.8) is 0 Å². The first-order chi connectivity index (χ1) is 9.10. The Kier molecular flexibility index (Phi) is 6.84. The fourth-order valence-corrected chi connectivity index (χ4v) is 2.21. The van der Waals surface area contributed by atoms with Gasteiger partial charge in [0.1, 0.15) is 0 Å². The van der Waals surface area contributed by atoms with Crippen LogP contribution in [0.1, 0.15) is 47.0 Å². The molecule has 0 aliphatic rings. The topological polar surface area (TPSA) is 62.7 Å². The summed E-state index contributed by atoms with van der Waals surface area (Å²) in [5.74, 6) is 1.67. The van der Waals surface area contributed by atoms with Crippen molar-refractivity contribution in [2.45, 2.75) is 53.0 Å². The monoisotopic (exact) mass is 285 g/mol. The first kappa shape index (κ1) is 16.0. The first-order valence-corrected chi connectivity index (χ1v) is 7.40. The van der Waals surface area contributed by atoms with Crippen molar-refractivity contribution in [3.8, 4) is 0 Å². The number of nitrogens with zero attached hydrogens (tertiary/aromatic N) is 3. The molecule has 1 heterocycles. The van der Waals surface area contributed by atoms with Crippen molar-refractivity contribution < 1.29 is 0 Å². The molecule has 0 fully saturated rings. The lowest BCUT2D eigenvalue weighted by molar-refractivity contribution is 0.436. The van der Waals surface area contributed by atoms with Gasteiger partial charge >= 0.3 is 0 Å². The smallest absolute Gasteiger partial charge is 0.229 e. The molecular formula is C13H24ClN5. The number of nitrogens with one attached hydrogen (secondary N) is 2. The highest BCUT2D eigenvalue weighted by molar-refractivity contribution is 6.28. The second-order valence-electron chi connectivity index (χ2n) is 4.69. The Bertz CT molecular complexity index is 381. The molecule has 0 bridgehead atoms. The van der Waals surface area contributed by atoms with Gasteiger partial charge in [-0.3, -0.25) is 0 Å². The van der Waals surface area contributed by atoms with Gasteiger partial charge in [-0.25, -0.2) is 0 Å². The average Bonchev–Trinajstić information content (AvgIpc) is 2.37. The Morgan fingerprint density at radius 1 is 1.05 bits per heavy atom. The minimum atomic E-state index is 0.216. The van der Waals surface area contributed by atoms with Gasteiger partial charge < -0.3 is 10.6 Å². The first-order valence-electron chi connectivity index (χ1n) is 7.02. The molecule has 1 atom stereocenters. The summed E-state index contributed by atoms with van der Waals surface area (Å²) < 4.78 is 0. The summed E-state index contributed by atoms with van der Waals surface area (Å²) in [5.41, 5.74) is 0. The zero-order chi connectivity index (χ0) is 14.3. The van der Waals surface area contributed by atoms with Gasteiger partial charge in [-0.05, 0) is 30.9 Å². The molecule has 0 aromatic carbocycles. The largest absolute Gasteiger partial charge is 0.354 e. The van der Waals surface area contributed by atoms with E-state index in [1.165, 1.54) is 0 Å². The zero-order valence-electron chi connectivity index (χ0n) is 12.2. The molecule has 0 saturated carbocycles. The predicted octanol–water partition coefficient (Wildman–Crippen LogP) is 3.58. The molecule has 0 radical (unpaired) electrons. The molecule has 2 N–H and O–H groups in total. The summed E-state index contributed by atoms with van der Waals surface area (Å²) in [7, 11) is 0. The molecule has 0 spiro atoms. The lowest BCUT2D eigenvalue weighted by Gasteiger charge is -2.22. The van der Waals surface area contributed by atoms with Crippen molar-refractivity contribution in [2.75, 3.05) is 17.2 Å². The number of anilines is 2. The van der Waals surface area contributed by atoms with Crippen molar-refractivity contribution in [1.82, 2.24) is 15.0 Å². The molecular weight excluding hydrogens is 262 g/mol. The van der Waals surface area contributed by atoms with Crippen LogP contribution in [0, 0.1) is 5.92 Å². The Morgan fingerprint density at radius 3 is 2.26 bits per heavy atom. The maximum atomic E-state index is 5.92. The van der Waals surface area contributed by atoms with Crippen LogP contribution in [0.4, 0.5) is 11.9 Å². The SMILES string of the molecule is CCCNc1nc(Cl)nc(NC(C)C(CC)CC)n1. The normalized spacial score (nSPS) is 12.5. The van der Waals surface area contributed by atoms with E-state index in [0.717, 1.165) is 25.8 Å². The molecule has 6 heteroatoms. The van der Waals surface area contributed by atoms with Crippen LogP contribution in [-0.4, -0.2) is 27.5 Å². The highest BCUT2D eigenvalue weighted by Crippen LogP contribution is 2.17. The third kappa shape index (κ3) is 5.19. The van der Waals surface area contributed by atoms with E-state index >= 15 is 0 Å². The highest BCUT2D eigenvalue weighted by atomic mass is 35.5. The molecule has 108 valence electrons. The third-order valence-corrected chi connectivity index (χ3v) is 3.42. The number of aromatic nitrogens is 3. The van der Waals surface area contributed by atoms with E-state index in [2.05, 4.69) is 53.3 Å². The molecule has 5 nitrogen and oxygen atoms in total. The van der Waals surface area contributed by atoms with Crippen LogP contribution in [-0.2, 0) is 0 Å². The van der Waals surface area contributed by atoms with Gasteiger partial charge in [0.25, 0.3) is 0 Å². The fraction of sp³-hybridized carbons (Fsp3) is 0.769. The molecule has 1 aromatic heterocycles. The van der Waals surface area contributed by atoms with Crippen molar-refractivity contribution in [3.05, 3.63) is 5.28 Å². The molecule has 0 amide bonds. The van der Waals surface area contributed by atoms with Crippen LogP contribution >= 0.6 is 11.6 Å². The van der Waals surface area contributed by atoms with Crippen LogP contribution in [0.5, 0.6) is 0 Å². The van der Waals surface area contributed by atoms with Gasteiger partial charge in [-0.2, -0.15) is 15.0 Å². The quantitative estimate of drug-likeness (QED) is 0.764. The highest BCUT2D eigenvalue weighted by Gasteiger charge is 2.15. The summed E-state index contributed by atoms with van der Waals surface area (Å²) in [6.07, 6.45) is 3.27. The summed E-state index contributed by atoms with van der Waals surface area (Å²) in [6.45, 7) is 9.45. The second kappa shape index (κ2) is 8.15. The molecule has 0 saturated heterocycles. The lowest BCUT2D eigenvalue weighted by Crippen LogP contribution is -2.26. The van der Waals surface area contributed by atoms with Crippen molar-refractivity contribution >= 4 is 23.5 Å². The van der Waals surface area contributed by atoms with Crippen LogP contribution < -0.4 is 10.6 Å². The standard InChI is InChI=1S/C13H24ClN5/c1-5-8-15-12-17-11(14)18-13(19-12)16-9(4)10(6-2)7-3/h9-10H,5-8H2,1-4H3,(H2,15,16,17,18,19). The van der Waals surface area contributed by atoms with Crippen LogP contribution in [0.3, 0.4) is 0 Å². The Balaban J connectivity index is 2.74. The predicted molar refractivity (Wildman–Crippen MR) is 80.8 cm³/mol. The second-order valence-corrected chi connectivity index (χ2v) is 5.03. The van der Waals surface area contributed by atoms with Gasteiger partial charge in [0.05, 0.1) is 0 Å². The number of hydrogen-bond donors (Lipinski definition) is 2. The third-order valence-electron chi connectivity index (χ3n) is 3.25. The van der Waals surface area contributed by atoms with Gasteiger partial charge in [0.2, 0.25) is 17.2 Å². The van der Waals surface area contributed by atoms with E-state index in [0.29, 0.717) is 23.9 Å². The molecule has 1 aromatic rings. The number of rotatable bonds is 8. The van der Waals surface area contributed by atoms with E-state index in [-0.39, 0.29) is 5.28 Å². The Hall–Kier alpha value is -1.10. The van der Waals surface area contributed by atoms with Gasteiger partial charge in [-0.15, -0.1) is 0 Å². The van der Waals surface area contributed by atoms with Gasteiger partial charge in [0.15, 0.2) is 0 Å². The minimum Gasteiger partial charge on any atom is -0.354 e. The number of hydrogen-bond acceptors (Lipinski definition) is 5. The van der Waals surface area contributed by atoms with Crippen molar-refractivity contribution in [1.29, 1.82) is 0 Å². The molecule has 1 unspecified atom stereocenters. The van der Waals surface area contributed by atoms with Gasteiger partial charge in [0, 0.05) is 12.6 Å². The minimum absolute atomic E-state index is 0.216. The maximum Gasteiger partial charge on any atom is 0.229 e. The molecule has 0 aliphatic heterocycles. The summed E-state index contributed by atoms with van der Waals surface area (Å²) >= 11 is 5.92. The van der Waals surface area contributed by atoms with E-state index in [4.69, 9.17) is 11.6 Å². The molecule has 0 aliphatic carbocycles. The van der Waals surface area contributed by atoms with E-state index in [1.807, 2.05) is 0 Å². The zero-order valence-corrected chi connectivity index (χ0v) is 13.0. The summed E-state index contributed by atoms with van der Waals surface area (Å²) in [5, 5.41) is 6.65. The Labute approximate surface area is 120 Å². The van der Waals surface area contributed by atoms with Crippen LogP contribution in [0.2, 0.25) is 5.28 Å². The summed E-state index contributed by atoms with van der Waals surface area (Å²) in [4.78, 5) is 12.5. The molecule has 19 heavy (non-hydrogen) atoms. The number of halogens is 1. The van der Waals surface area contributed by atoms with Crippen LogP contribution in [0.15, 0.2) is 0 Å². The van der Waals surface area contributed by atoms with Crippen molar-refractivity contribution in [2.24, 2.45) is 5.92 Å². The van der Waals surface area contributed by atoms with Gasteiger partial charge in [-0.1, -0.05) is 33.6 Å². The van der Waals surface area contributed by atoms with E-state index in [1.54, 1.807) is 0 Å². The fourth-order valence-electron chi connectivity index (χ4n) is 2.05. The average molecular weight is 286 g/mol. The van der Waals surface area contributed by atoms with Crippen LogP contribution in [0.25, 0.3) is 0 Å². The summed E-state index contributed by atoms with van der Waals surface area (Å²) in [6, 6.07) is 0.312. The maximum absolute atomic E-state index is 5.92. The lowest BCUT2D eigenvalue weighted by atomic mass is 9.96.